The standard InChI is InChI=1S/C21H19N3O4S/c1-28-17-8-10-18(11-9-17)29(26,27)23-16-7-12-20-19(13-16)21(25)22-24(20)14-15-5-3-2-4-6-15/h2-13,23H,14H2,1H3,(H,22,25). The van der Waals surface area contributed by atoms with E-state index < -0.39 is 10.0 Å². The largest absolute Gasteiger partial charge is 0.497 e. The molecule has 148 valence electrons. The molecule has 0 saturated heterocycles. The second-order valence-corrected chi connectivity index (χ2v) is 8.21. The summed E-state index contributed by atoms with van der Waals surface area (Å²) >= 11 is 0. The maximum absolute atomic E-state index is 12.6. The lowest BCUT2D eigenvalue weighted by Crippen LogP contribution is -2.13. The fraction of sp³-hybridized carbons (Fsp3) is 0.0952. The average molecular weight is 409 g/mol. The molecule has 0 fully saturated rings. The van der Waals surface area contributed by atoms with E-state index in [0.29, 0.717) is 28.9 Å². The normalized spacial score (nSPS) is 11.5. The van der Waals surface area contributed by atoms with Gasteiger partial charge in [0, 0.05) is 5.69 Å². The van der Waals surface area contributed by atoms with Crippen molar-refractivity contribution in [1.82, 2.24) is 9.78 Å². The van der Waals surface area contributed by atoms with Crippen LogP contribution in [0.5, 0.6) is 5.75 Å². The van der Waals surface area contributed by atoms with Gasteiger partial charge in [-0.2, -0.15) is 0 Å². The first-order valence-corrected chi connectivity index (χ1v) is 10.4. The summed E-state index contributed by atoms with van der Waals surface area (Å²) in [6.45, 7) is 0.510. The highest BCUT2D eigenvalue weighted by Gasteiger charge is 2.16. The molecule has 4 aromatic rings. The maximum atomic E-state index is 12.6. The molecule has 0 amide bonds. The topological polar surface area (TPSA) is 93.2 Å². The van der Waals surface area contributed by atoms with Crippen LogP contribution in [0, 0.1) is 0 Å². The number of benzene rings is 3. The molecule has 0 aliphatic heterocycles. The molecular formula is C21H19N3O4S. The number of rotatable bonds is 6. The monoisotopic (exact) mass is 409 g/mol. The summed E-state index contributed by atoms with van der Waals surface area (Å²) in [5, 5.41) is 3.22. The van der Waals surface area contributed by atoms with E-state index in [1.54, 1.807) is 28.9 Å². The molecule has 1 aromatic heterocycles. The van der Waals surface area contributed by atoms with Gasteiger partial charge in [0.2, 0.25) is 0 Å². The van der Waals surface area contributed by atoms with Crippen LogP contribution >= 0.6 is 0 Å². The minimum Gasteiger partial charge on any atom is -0.497 e. The number of methoxy groups -OCH3 is 1. The zero-order chi connectivity index (χ0) is 20.4. The number of ether oxygens (including phenoxy) is 1. The third-order valence-electron chi connectivity index (χ3n) is 4.57. The van der Waals surface area contributed by atoms with Crippen molar-refractivity contribution < 1.29 is 13.2 Å². The summed E-state index contributed by atoms with van der Waals surface area (Å²) in [5.74, 6) is 0.566. The molecule has 0 aliphatic carbocycles. The van der Waals surface area contributed by atoms with Crippen LogP contribution in [0.3, 0.4) is 0 Å². The molecule has 2 N–H and O–H groups in total. The Labute approximate surface area is 167 Å². The van der Waals surface area contributed by atoms with Gasteiger partial charge in [-0.05, 0) is 48.0 Å². The Morgan fingerprint density at radius 1 is 1.00 bits per heavy atom. The van der Waals surface area contributed by atoms with E-state index >= 15 is 0 Å². The summed E-state index contributed by atoms with van der Waals surface area (Å²) in [5.41, 5.74) is 1.79. The molecule has 0 spiro atoms. The van der Waals surface area contributed by atoms with Crippen molar-refractivity contribution in [3.8, 4) is 5.75 Å². The number of sulfonamides is 1. The maximum Gasteiger partial charge on any atom is 0.272 e. The molecule has 0 saturated carbocycles. The fourth-order valence-corrected chi connectivity index (χ4v) is 4.17. The van der Waals surface area contributed by atoms with Gasteiger partial charge in [-0.1, -0.05) is 30.3 Å². The summed E-state index contributed by atoms with van der Waals surface area (Å²) in [6.07, 6.45) is 0. The van der Waals surface area contributed by atoms with Gasteiger partial charge >= 0.3 is 0 Å². The van der Waals surface area contributed by atoms with E-state index in [2.05, 4.69) is 9.82 Å². The number of hydrogen-bond donors (Lipinski definition) is 2. The quantitative estimate of drug-likeness (QED) is 0.511. The number of anilines is 1. The van der Waals surface area contributed by atoms with Gasteiger partial charge in [-0.15, -0.1) is 0 Å². The van der Waals surface area contributed by atoms with Crippen molar-refractivity contribution in [2.45, 2.75) is 11.4 Å². The predicted molar refractivity (Wildman–Crippen MR) is 112 cm³/mol. The van der Waals surface area contributed by atoms with Crippen LogP contribution in [0.1, 0.15) is 5.56 Å². The molecule has 8 heteroatoms. The lowest BCUT2D eigenvalue weighted by Gasteiger charge is -2.09. The second kappa shape index (κ2) is 7.48. The lowest BCUT2D eigenvalue weighted by atomic mass is 10.2. The number of aromatic amines is 1. The highest BCUT2D eigenvalue weighted by molar-refractivity contribution is 7.92. The van der Waals surface area contributed by atoms with Crippen LogP contribution in [0.2, 0.25) is 0 Å². The Hall–Kier alpha value is -3.52. The van der Waals surface area contributed by atoms with Crippen molar-refractivity contribution in [3.63, 3.8) is 0 Å². The van der Waals surface area contributed by atoms with Gasteiger partial charge in [0.15, 0.2) is 0 Å². The Bertz CT molecular complexity index is 1310. The Balaban J connectivity index is 1.63. The zero-order valence-electron chi connectivity index (χ0n) is 15.6. The molecule has 7 nitrogen and oxygen atoms in total. The molecule has 1 heterocycles. The molecule has 0 bridgehead atoms. The van der Waals surface area contributed by atoms with Crippen molar-refractivity contribution in [1.29, 1.82) is 0 Å². The molecule has 0 radical (unpaired) electrons. The number of fused-ring (bicyclic) bond motifs is 1. The van der Waals surface area contributed by atoms with Crippen LogP contribution in [0.25, 0.3) is 10.9 Å². The van der Waals surface area contributed by atoms with E-state index in [4.69, 9.17) is 4.74 Å². The number of aromatic nitrogens is 2. The summed E-state index contributed by atoms with van der Waals surface area (Å²) < 4.78 is 34.6. The average Bonchev–Trinajstić information content (AvgIpc) is 3.03. The number of nitrogens with zero attached hydrogens (tertiary/aromatic N) is 1. The molecule has 3 aromatic carbocycles. The van der Waals surface area contributed by atoms with Gasteiger partial charge in [0.1, 0.15) is 5.75 Å². The van der Waals surface area contributed by atoms with Crippen LogP contribution in [-0.2, 0) is 16.6 Å². The Morgan fingerprint density at radius 3 is 2.41 bits per heavy atom. The van der Waals surface area contributed by atoms with E-state index in [1.807, 2.05) is 30.3 Å². The SMILES string of the molecule is COc1ccc(S(=O)(=O)Nc2ccc3c(c2)c(=O)[nH]n3Cc2ccccc2)cc1. The third kappa shape index (κ3) is 3.88. The van der Waals surface area contributed by atoms with Gasteiger partial charge in [0.05, 0.1) is 29.5 Å². The third-order valence-corrected chi connectivity index (χ3v) is 5.97. The number of nitrogens with one attached hydrogen (secondary N) is 2. The molecule has 4 rings (SSSR count). The van der Waals surface area contributed by atoms with Crippen molar-refractivity contribution in [3.05, 3.63) is 88.7 Å². The molecule has 0 unspecified atom stereocenters. The second-order valence-electron chi connectivity index (χ2n) is 6.53. The molecular weight excluding hydrogens is 390 g/mol. The first kappa shape index (κ1) is 18.8. The van der Waals surface area contributed by atoms with Crippen molar-refractivity contribution in [2.75, 3.05) is 11.8 Å². The molecule has 0 atom stereocenters. The van der Waals surface area contributed by atoms with Crippen molar-refractivity contribution in [2.24, 2.45) is 0 Å². The minimum absolute atomic E-state index is 0.106. The zero-order valence-corrected chi connectivity index (χ0v) is 16.4. The van der Waals surface area contributed by atoms with Gasteiger partial charge in [-0.3, -0.25) is 19.3 Å². The van der Waals surface area contributed by atoms with Gasteiger partial charge < -0.3 is 4.74 Å². The van der Waals surface area contributed by atoms with Crippen LogP contribution in [0.15, 0.2) is 82.5 Å². The van der Waals surface area contributed by atoms with E-state index in [-0.39, 0.29) is 10.5 Å². The van der Waals surface area contributed by atoms with E-state index in [1.165, 1.54) is 25.3 Å². The summed E-state index contributed by atoms with van der Waals surface area (Å²) in [7, 11) is -2.27. The fourth-order valence-electron chi connectivity index (χ4n) is 3.12. The van der Waals surface area contributed by atoms with E-state index in [9.17, 15) is 13.2 Å². The Kier molecular flexibility index (Phi) is 4.85. The minimum atomic E-state index is -3.79. The number of hydrogen-bond acceptors (Lipinski definition) is 4. The van der Waals surface area contributed by atoms with Crippen LogP contribution in [-0.4, -0.2) is 25.3 Å². The summed E-state index contributed by atoms with van der Waals surface area (Å²) in [4.78, 5) is 12.5. The van der Waals surface area contributed by atoms with Crippen molar-refractivity contribution >= 4 is 26.6 Å². The number of H-pyrrole nitrogens is 1. The predicted octanol–water partition coefficient (Wildman–Crippen LogP) is 3.19. The Morgan fingerprint density at radius 2 is 1.72 bits per heavy atom. The molecule has 0 aliphatic rings. The molecule has 29 heavy (non-hydrogen) atoms. The van der Waals surface area contributed by atoms with Gasteiger partial charge in [-0.25, -0.2) is 8.42 Å². The highest BCUT2D eigenvalue weighted by Crippen LogP contribution is 2.22. The first-order chi connectivity index (χ1) is 14.0. The smallest absolute Gasteiger partial charge is 0.272 e. The van der Waals surface area contributed by atoms with Crippen LogP contribution in [0.4, 0.5) is 5.69 Å². The van der Waals surface area contributed by atoms with Gasteiger partial charge in [0.25, 0.3) is 15.6 Å². The lowest BCUT2D eigenvalue weighted by molar-refractivity contribution is 0.414. The summed E-state index contributed by atoms with van der Waals surface area (Å²) in [6, 6.07) is 20.7. The first-order valence-electron chi connectivity index (χ1n) is 8.90. The van der Waals surface area contributed by atoms with Crippen LogP contribution < -0.4 is 15.0 Å². The highest BCUT2D eigenvalue weighted by atomic mass is 32.2. The van der Waals surface area contributed by atoms with E-state index in [0.717, 1.165) is 5.56 Å².